The summed E-state index contributed by atoms with van der Waals surface area (Å²) in [7, 11) is -3.24. The van der Waals surface area contributed by atoms with Gasteiger partial charge in [-0.05, 0) is 31.0 Å². The number of hydrogen-bond acceptors (Lipinski definition) is 3. The summed E-state index contributed by atoms with van der Waals surface area (Å²) in [5.74, 6) is 0.00901. The molecule has 86 valence electrons. The largest absolute Gasteiger partial charge is 0.224 e. The molecular weight excluding hydrogens is 226 g/mol. The monoisotopic (exact) mass is 239 g/mol. The van der Waals surface area contributed by atoms with Crippen LogP contribution in [-0.4, -0.2) is 20.7 Å². The minimum Gasteiger partial charge on any atom is -0.224 e. The SMILES string of the molecule is Cc1ccc(S(=O)(=O)CCCN=[N+]=[N-])cc1. The standard InChI is InChI=1S/C10H13N3O2S/c1-9-3-5-10(6-4-9)16(14,15)8-2-7-12-13-11/h3-6H,2,7-8H2,1H3. The Morgan fingerprint density at radius 1 is 1.31 bits per heavy atom. The molecule has 0 bridgehead atoms. The summed E-state index contributed by atoms with van der Waals surface area (Å²) in [4.78, 5) is 2.89. The van der Waals surface area contributed by atoms with Crippen LogP contribution >= 0.6 is 0 Å². The van der Waals surface area contributed by atoms with E-state index in [0.29, 0.717) is 11.3 Å². The van der Waals surface area contributed by atoms with Crippen LogP contribution in [0, 0.1) is 6.92 Å². The van der Waals surface area contributed by atoms with Gasteiger partial charge in [-0.3, -0.25) is 0 Å². The molecule has 0 heterocycles. The second-order valence-corrected chi connectivity index (χ2v) is 5.55. The second kappa shape index (κ2) is 5.53. The van der Waals surface area contributed by atoms with Gasteiger partial charge in [-0.1, -0.05) is 22.8 Å². The highest BCUT2D eigenvalue weighted by molar-refractivity contribution is 7.91. The van der Waals surface area contributed by atoms with E-state index < -0.39 is 9.84 Å². The third-order valence-electron chi connectivity index (χ3n) is 2.11. The molecule has 5 nitrogen and oxygen atoms in total. The first kappa shape index (κ1) is 12.5. The van der Waals surface area contributed by atoms with E-state index in [1.807, 2.05) is 6.92 Å². The number of nitrogens with zero attached hydrogens (tertiary/aromatic N) is 3. The predicted octanol–water partition coefficient (Wildman–Crippen LogP) is 2.47. The molecule has 0 atom stereocenters. The minimum atomic E-state index is -3.24. The Morgan fingerprint density at radius 3 is 2.50 bits per heavy atom. The Hall–Kier alpha value is -1.52. The Labute approximate surface area is 94.7 Å². The third kappa shape index (κ3) is 3.56. The van der Waals surface area contributed by atoms with Crippen molar-refractivity contribution in [2.24, 2.45) is 5.11 Å². The van der Waals surface area contributed by atoms with E-state index in [0.717, 1.165) is 5.56 Å². The number of hydrogen-bond donors (Lipinski definition) is 0. The maximum atomic E-state index is 11.8. The van der Waals surface area contributed by atoms with Gasteiger partial charge in [0.2, 0.25) is 0 Å². The van der Waals surface area contributed by atoms with Gasteiger partial charge in [0.1, 0.15) is 0 Å². The maximum absolute atomic E-state index is 11.8. The highest BCUT2D eigenvalue weighted by Crippen LogP contribution is 2.12. The number of rotatable bonds is 5. The van der Waals surface area contributed by atoms with E-state index in [1.54, 1.807) is 24.3 Å². The van der Waals surface area contributed by atoms with E-state index in [9.17, 15) is 8.42 Å². The zero-order chi connectivity index (χ0) is 12.0. The number of sulfone groups is 1. The van der Waals surface area contributed by atoms with Gasteiger partial charge in [-0.2, -0.15) is 0 Å². The lowest BCUT2D eigenvalue weighted by Gasteiger charge is -2.03. The summed E-state index contributed by atoms with van der Waals surface area (Å²) < 4.78 is 23.5. The van der Waals surface area contributed by atoms with Crippen LogP contribution in [-0.2, 0) is 9.84 Å². The Balaban J connectivity index is 2.70. The Kier molecular flexibility index (Phi) is 4.34. The highest BCUT2D eigenvalue weighted by Gasteiger charge is 2.12. The quantitative estimate of drug-likeness (QED) is 0.342. The van der Waals surface area contributed by atoms with Crippen LogP contribution in [0.4, 0.5) is 0 Å². The Morgan fingerprint density at radius 2 is 1.94 bits per heavy atom. The fraction of sp³-hybridized carbons (Fsp3) is 0.400. The van der Waals surface area contributed by atoms with Gasteiger partial charge in [0.15, 0.2) is 9.84 Å². The molecular formula is C10H13N3O2S. The van der Waals surface area contributed by atoms with Crippen LogP contribution in [0.3, 0.4) is 0 Å². The van der Waals surface area contributed by atoms with Gasteiger partial charge in [-0.15, -0.1) is 0 Å². The molecule has 0 aromatic heterocycles. The molecule has 0 saturated carbocycles. The first-order valence-electron chi connectivity index (χ1n) is 4.86. The molecule has 0 spiro atoms. The van der Waals surface area contributed by atoms with Crippen LogP contribution < -0.4 is 0 Å². The topological polar surface area (TPSA) is 82.9 Å². The zero-order valence-corrected chi connectivity index (χ0v) is 9.81. The molecule has 0 aliphatic heterocycles. The molecule has 1 rings (SSSR count). The molecule has 0 saturated heterocycles. The first-order valence-corrected chi connectivity index (χ1v) is 6.52. The third-order valence-corrected chi connectivity index (χ3v) is 3.93. The van der Waals surface area contributed by atoms with Crippen molar-refractivity contribution in [3.63, 3.8) is 0 Å². The minimum absolute atomic E-state index is 0.00901. The lowest BCUT2D eigenvalue weighted by atomic mass is 10.2. The van der Waals surface area contributed by atoms with Crippen LogP contribution in [0.15, 0.2) is 34.3 Å². The number of azide groups is 1. The highest BCUT2D eigenvalue weighted by atomic mass is 32.2. The molecule has 0 N–H and O–H groups in total. The van der Waals surface area contributed by atoms with Gasteiger partial charge >= 0.3 is 0 Å². The van der Waals surface area contributed by atoms with Crippen molar-refractivity contribution in [3.8, 4) is 0 Å². The van der Waals surface area contributed by atoms with E-state index in [4.69, 9.17) is 5.53 Å². The van der Waals surface area contributed by atoms with Crippen molar-refractivity contribution in [1.29, 1.82) is 0 Å². The second-order valence-electron chi connectivity index (χ2n) is 3.44. The van der Waals surface area contributed by atoms with E-state index >= 15 is 0 Å². The molecule has 6 heteroatoms. The summed E-state index contributed by atoms with van der Waals surface area (Å²) >= 11 is 0. The molecule has 0 aliphatic carbocycles. The van der Waals surface area contributed by atoms with Crippen molar-refractivity contribution in [2.75, 3.05) is 12.3 Å². The van der Waals surface area contributed by atoms with Crippen molar-refractivity contribution >= 4 is 9.84 Å². The summed E-state index contributed by atoms with van der Waals surface area (Å²) in [6, 6.07) is 6.72. The molecule has 16 heavy (non-hydrogen) atoms. The van der Waals surface area contributed by atoms with Crippen LogP contribution in [0.2, 0.25) is 0 Å². The average molecular weight is 239 g/mol. The average Bonchev–Trinajstić information content (AvgIpc) is 2.25. The van der Waals surface area contributed by atoms with Gasteiger partial charge in [-0.25, -0.2) is 8.42 Å². The number of aryl methyl sites for hydroxylation is 1. The molecule has 0 fully saturated rings. The zero-order valence-electron chi connectivity index (χ0n) is 9.00. The number of benzene rings is 1. The molecule has 0 unspecified atom stereocenters. The smallest absolute Gasteiger partial charge is 0.178 e. The Bertz CT molecular complexity index is 487. The predicted molar refractivity (Wildman–Crippen MR) is 61.9 cm³/mol. The van der Waals surface area contributed by atoms with Gasteiger partial charge in [0, 0.05) is 11.5 Å². The molecule has 1 aromatic carbocycles. The van der Waals surface area contributed by atoms with Gasteiger partial charge in [0.25, 0.3) is 0 Å². The van der Waals surface area contributed by atoms with Crippen molar-refractivity contribution in [3.05, 3.63) is 40.3 Å². The van der Waals surface area contributed by atoms with Crippen LogP contribution in [0.1, 0.15) is 12.0 Å². The van der Waals surface area contributed by atoms with Crippen molar-refractivity contribution < 1.29 is 8.42 Å². The summed E-state index contributed by atoms with van der Waals surface area (Å²) in [6.07, 6.45) is 0.347. The summed E-state index contributed by atoms with van der Waals surface area (Å²) in [5, 5.41) is 3.30. The van der Waals surface area contributed by atoms with Gasteiger partial charge in [0.05, 0.1) is 10.6 Å². The molecule has 1 aromatic rings. The fourth-order valence-corrected chi connectivity index (χ4v) is 2.53. The normalized spacial score (nSPS) is 10.8. The van der Waals surface area contributed by atoms with Crippen molar-refractivity contribution in [2.45, 2.75) is 18.2 Å². The van der Waals surface area contributed by atoms with Crippen LogP contribution in [0.25, 0.3) is 10.4 Å². The molecule has 0 radical (unpaired) electrons. The first-order chi connectivity index (χ1) is 7.56. The molecule has 0 amide bonds. The van der Waals surface area contributed by atoms with E-state index in [2.05, 4.69) is 10.0 Å². The van der Waals surface area contributed by atoms with E-state index in [-0.39, 0.29) is 12.3 Å². The lowest BCUT2D eigenvalue weighted by molar-refractivity contribution is 0.593. The summed E-state index contributed by atoms with van der Waals surface area (Å²) in [6.45, 7) is 2.11. The summed E-state index contributed by atoms with van der Waals surface area (Å²) in [5.41, 5.74) is 9.07. The van der Waals surface area contributed by atoms with E-state index in [1.165, 1.54) is 0 Å². The lowest BCUT2D eigenvalue weighted by Crippen LogP contribution is -2.07. The van der Waals surface area contributed by atoms with Crippen molar-refractivity contribution in [1.82, 2.24) is 0 Å². The van der Waals surface area contributed by atoms with Gasteiger partial charge < -0.3 is 0 Å². The molecule has 0 aliphatic rings. The fourth-order valence-electron chi connectivity index (χ4n) is 1.23. The maximum Gasteiger partial charge on any atom is 0.178 e. The van der Waals surface area contributed by atoms with Crippen LogP contribution in [0.5, 0.6) is 0 Å².